The highest BCUT2D eigenvalue weighted by atomic mass is 35.5. The van der Waals surface area contributed by atoms with Crippen molar-refractivity contribution in [3.8, 4) is 34.0 Å². The highest BCUT2D eigenvalue weighted by molar-refractivity contribution is 6.28. The van der Waals surface area contributed by atoms with Gasteiger partial charge in [0, 0.05) is 96.1 Å². The van der Waals surface area contributed by atoms with Crippen molar-refractivity contribution in [2.75, 3.05) is 11.1 Å². The zero-order chi connectivity index (χ0) is 47.4. The zero-order valence-corrected chi connectivity index (χ0v) is 33.7. The molecule has 4 aromatic heterocycles. The molecule has 0 aliphatic rings. The maximum absolute atomic E-state index is 13.9. The molecule has 8 rings (SSSR count). The van der Waals surface area contributed by atoms with Crippen LogP contribution in [0.1, 0.15) is 0 Å². The van der Waals surface area contributed by atoms with E-state index in [2.05, 4.69) is 57.6 Å². The number of anilines is 3. The third-order valence-corrected chi connectivity index (χ3v) is 9.03. The monoisotopic (exact) mass is 930 g/mol. The molecular weight excluding hydrogens is 904 g/mol. The molecule has 0 unspecified atom stereocenters. The molecule has 0 radical (unpaired) electrons. The summed E-state index contributed by atoms with van der Waals surface area (Å²) >= 11 is 5.82. The van der Waals surface area contributed by atoms with Gasteiger partial charge in [0.15, 0.2) is 11.5 Å². The van der Waals surface area contributed by atoms with Gasteiger partial charge in [0.05, 0.1) is 32.6 Å². The quantitative estimate of drug-likeness (QED) is 0.0480. The van der Waals surface area contributed by atoms with E-state index in [9.17, 15) is 55.4 Å². The molecule has 25 heteroatoms. The number of aryl methyl sites for hydroxylation is 2. The number of para-hydroxylation sites is 2. The number of nitro benzene ring substituents is 2. The summed E-state index contributed by atoms with van der Waals surface area (Å²) in [5.41, 5.74) is 7.02. The maximum Gasteiger partial charge on any atom is 0.573 e. The van der Waals surface area contributed by atoms with Gasteiger partial charge >= 0.3 is 24.1 Å². The summed E-state index contributed by atoms with van der Waals surface area (Å²) in [7, 11) is 3.87. The van der Waals surface area contributed by atoms with Crippen LogP contribution in [0.25, 0.3) is 44.3 Å². The van der Waals surface area contributed by atoms with Crippen LogP contribution in [0.4, 0.5) is 63.8 Å². The highest BCUT2D eigenvalue weighted by Gasteiger charge is 2.35. The van der Waals surface area contributed by atoms with Crippen molar-refractivity contribution >= 4 is 62.1 Å². The number of rotatable bonds is 8. The molecular formula is C40H27ClF8N10O6. The number of benzene rings is 4. The smallest absolute Gasteiger partial charge is 0.403 e. The number of hydrogen-bond donors (Lipinski definition) is 2. The second kappa shape index (κ2) is 18.7. The van der Waals surface area contributed by atoms with Crippen LogP contribution in [-0.2, 0) is 14.1 Å². The fraction of sp³-hybridized carbons (Fsp3) is 0.100. The summed E-state index contributed by atoms with van der Waals surface area (Å²) in [5.74, 6) is -5.12. The van der Waals surface area contributed by atoms with Gasteiger partial charge in [-0.05, 0) is 35.9 Å². The Balaban J connectivity index is 0.000000178. The van der Waals surface area contributed by atoms with E-state index in [-0.39, 0.29) is 23.4 Å². The Morgan fingerprint density at radius 3 is 1.65 bits per heavy atom. The van der Waals surface area contributed by atoms with Gasteiger partial charge in [-0.25, -0.2) is 19.9 Å². The molecule has 0 saturated heterocycles. The number of nitrogens with one attached hydrogen (secondary N) is 1. The minimum atomic E-state index is -5.15. The molecule has 0 bridgehead atoms. The van der Waals surface area contributed by atoms with Gasteiger partial charge in [0.1, 0.15) is 0 Å². The fourth-order valence-electron chi connectivity index (χ4n) is 6.17. The fourth-order valence-corrected chi connectivity index (χ4v) is 6.32. The first-order chi connectivity index (χ1) is 30.6. The van der Waals surface area contributed by atoms with Crippen LogP contribution < -0.4 is 20.5 Å². The lowest BCUT2D eigenvalue weighted by molar-refractivity contribution is -0.387. The Bertz CT molecular complexity index is 3070. The Kier molecular flexibility index (Phi) is 13.3. The molecule has 0 spiro atoms. The molecule has 0 fully saturated rings. The van der Waals surface area contributed by atoms with E-state index in [1.807, 2.05) is 67.3 Å². The van der Waals surface area contributed by atoms with Crippen LogP contribution in [0.15, 0.2) is 110 Å². The number of fused-ring (bicyclic) bond motifs is 2. The Hall–Kier alpha value is -8.15. The van der Waals surface area contributed by atoms with Gasteiger partial charge in [-0.3, -0.25) is 20.2 Å². The third kappa shape index (κ3) is 11.3. The number of hydrogen-bond acceptors (Lipinski definition) is 12. The molecule has 4 heterocycles. The van der Waals surface area contributed by atoms with E-state index in [0.29, 0.717) is 17.8 Å². The van der Waals surface area contributed by atoms with Gasteiger partial charge in [-0.1, -0.05) is 36.4 Å². The summed E-state index contributed by atoms with van der Waals surface area (Å²) < 4.78 is 112. The van der Waals surface area contributed by atoms with Crippen LogP contribution in [0.2, 0.25) is 5.28 Å². The topological polar surface area (TPSA) is 204 Å². The van der Waals surface area contributed by atoms with Crippen LogP contribution in [-0.4, -0.2) is 51.6 Å². The highest BCUT2D eigenvalue weighted by Crippen LogP contribution is 2.38. The van der Waals surface area contributed by atoms with Gasteiger partial charge in [-0.2, -0.15) is 8.78 Å². The molecule has 0 amide bonds. The predicted octanol–water partition coefficient (Wildman–Crippen LogP) is 10.8. The first-order valence-corrected chi connectivity index (χ1v) is 18.4. The number of nitrogens with zero attached hydrogens (tertiary/aromatic N) is 8. The van der Waals surface area contributed by atoms with Crippen molar-refractivity contribution < 1.29 is 54.4 Å². The number of halogens is 9. The van der Waals surface area contributed by atoms with Crippen LogP contribution in [0, 0.1) is 31.9 Å². The van der Waals surface area contributed by atoms with Gasteiger partial charge in [0.25, 0.3) is 0 Å². The molecule has 65 heavy (non-hydrogen) atoms. The first kappa shape index (κ1) is 46.4. The van der Waals surface area contributed by atoms with Crippen molar-refractivity contribution in [2.45, 2.75) is 12.7 Å². The number of aromatic nitrogens is 6. The van der Waals surface area contributed by atoms with Crippen LogP contribution in [0.5, 0.6) is 11.5 Å². The van der Waals surface area contributed by atoms with Gasteiger partial charge in [-0.15, -0.1) is 26.3 Å². The van der Waals surface area contributed by atoms with E-state index in [0.717, 1.165) is 27.7 Å². The molecule has 16 nitrogen and oxygen atoms in total. The van der Waals surface area contributed by atoms with E-state index in [4.69, 9.17) is 17.3 Å². The van der Waals surface area contributed by atoms with E-state index >= 15 is 0 Å². The summed E-state index contributed by atoms with van der Waals surface area (Å²) in [6.45, 7) is 0. The SMILES string of the molecule is Cn1cc(-c2ccnc(Cl)n2)c2ccccc21.Cn1cc(-c2ccnc(Nc3cc([N+](=O)[O-])c(F)cc3OC(F)(F)F)n2)c2ccccc21.Nc1cc([N+](=O)[O-])c(F)cc1OC(F)(F)F. The average Bonchev–Trinajstić information content (AvgIpc) is 3.75. The van der Waals surface area contributed by atoms with Crippen LogP contribution >= 0.6 is 11.6 Å². The Morgan fingerprint density at radius 1 is 0.677 bits per heavy atom. The third-order valence-electron chi connectivity index (χ3n) is 8.85. The summed E-state index contributed by atoms with van der Waals surface area (Å²) in [4.78, 5) is 35.5. The van der Waals surface area contributed by atoms with Crippen molar-refractivity contribution in [3.05, 3.63) is 147 Å². The maximum atomic E-state index is 13.9. The van der Waals surface area contributed by atoms with Crippen LogP contribution in [0.3, 0.4) is 0 Å². The van der Waals surface area contributed by atoms with E-state index in [1.165, 1.54) is 17.1 Å². The normalized spacial score (nSPS) is 11.3. The lowest BCUT2D eigenvalue weighted by atomic mass is 10.1. The molecule has 4 aromatic carbocycles. The molecule has 3 N–H and O–H groups in total. The molecule has 8 aromatic rings. The average molecular weight is 931 g/mol. The largest absolute Gasteiger partial charge is 0.573 e. The number of alkyl halides is 6. The minimum absolute atomic E-state index is 0.164. The Labute approximate surface area is 363 Å². The molecule has 0 saturated carbocycles. The van der Waals surface area contributed by atoms with Crippen molar-refractivity contribution in [1.29, 1.82) is 0 Å². The van der Waals surface area contributed by atoms with Gasteiger partial charge in [0.2, 0.25) is 22.9 Å². The number of nitro groups is 2. The van der Waals surface area contributed by atoms with Crippen molar-refractivity contribution in [1.82, 2.24) is 29.1 Å². The van der Waals surface area contributed by atoms with E-state index < -0.39 is 68.5 Å². The lowest BCUT2D eigenvalue weighted by Crippen LogP contribution is -2.18. The minimum Gasteiger partial charge on any atom is -0.403 e. The number of nitrogen functional groups attached to an aromatic ring is 1. The molecule has 0 atom stereocenters. The van der Waals surface area contributed by atoms with Crippen molar-refractivity contribution in [2.24, 2.45) is 14.1 Å². The molecule has 336 valence electrons. The zero-order valence-electron chi connectivity index (χ0n) is 32.9. The lowest BCUT2D eigenvalue weighted by Gasteiger charge is -2.14. The summed E-state index contributed by atoms with van der Waals surface area (Å²) in [6, 6.07) is 20.8. The Morgan fingerprint density at radius 2 is 1.14 bits per heavy atom. The second-order valence-electron chi connectivity index (χ2n) is 13.2. The standard InChI is InChI=1S/C20H13F4N5O3.C13H10ClN3.C7H4F4N2O3/c1-28-10-12(11-4-2-3-5-16(11)28)14-6-7-25-19(26-14)27-15-9-17(29(30)31)13(21)8-18(15)32-20(22,23)24;1-17-8-10(9-4-2-3-5-12(9)17)11-6-7-15-13(14)16-11;8-3-1-6(16-7(9,10)11)4(12)2-5(3)13(14)15/h2-10H,1H3,(H,25,26,27);2-8H,1H3;1-2H,12H2. The number of ether oxygens (including phenoxy) is 2. The molecule has 0 aliphatic heterocycles. The van der Waals surface area contributed by atoms with Gasteiger partial charge < -0.3 is 29.7 Å². The summed E-state index contributed by atoms with van der Waals surface area (Å²) in [5, 5.41) is 26.0. The predicted molar refractivity (Wildman–Crippen MR) is 220 cm³/mol. The first-order valence-electron chi connectivity index (χ1n) is 18.0. The van der Waals surface area contributed by atoms with E-state index in [1.54, 1.807) is 12.3 Å². The number of nitrogens with two attached hydrogens (primary N) is 1. The molecule has 0 aliphatic carbocycles. The summed E-state index contributed by atoms with van der Waals surface area (Å²) in [6.07, 6.45) is -3.26. The van der Waals surface area contributed by atoms with Crippen molar-refractivity contribution in [3.63, 3.8) is 0 Å². The second-order valence-corrected chi connectivity index (χ2v) is 13.5.